The van der Waals surface area contributed by atoms with E-state index in [9.17, 15) is 4.79 Å². The molecule has 0 fully saturated rings. The fourth-order valence-corrected chi connectivity index (χ4v) is 1.86. The van der Waals surface area contributed by atoms with Crippen LogP contribution in [0.2, 0.25) is 0 Å². The highest BCUT2D eigenvalue weighted by Crippen LogP contribution is 2.07. The van der Waals surface area contributed by atoms with Gasteiger partial charge in [-0.3, -0.25) is 4.79 Å². The Balaban J connectivity index is 2.46. The number of benzene rings is 1. The Bertz CT molecular complexity index is 303. The molecule has 2 heteroatoms. The van der Waals surface area contributed by atoms with Crippen molar-refractivity contribution in [3.8, 4) is 0 Å². The fraction of sp³-hybridized carbons (Fsp3) is 0.462. The van der Waals surface area contributed by atoms with Crippen LogP contribution in [0.1, 0.15) is 24.5 Å². The summed E-state index contributed by atoms with van der Waals surface area (Å²) in [7, 11) is 0. The Morgan fingerprint density at radius 2 is 1.80 bits per heavy atom. The van der Waals surface area contributed by atoms with Crippen LogP contribution < -0.4 is 0 Å². The van der Waals surface area contributed by atoms with E-state index in [2.05, 4.69) is 31.2 Å². The Labute approximate surface area is 96.3 Å². The van der Waals surface area contributed by atoms with Crippen LogP contribution in [0.3, 0.4) is 0 Å². The molecule has 0 aliphatic heterocycles. The number of aryl methyl sites for hydroxylation is 1. The Morgan fingerprint density at radius 3 is 2.33 bits per heavy atom. The molecule has 1 rings (SSSR count). The quantitative estimate of drug-likeness (QED) is 0.735. The molecule has 1 aromatic rings. The molecule has 0 atom stereocenters. The summed E-state index contributed by atoms with van der Waals surface area (Å²) >= 11 is 1.73. The third-order valence-corrected chi connectivity index (χ3v) is 3.03. The predicted molar refractivity (Wildman–Crippen MR) is 67.5 cm³/mol. The third kappa shape index (κ3) is 4.52. The molecule has 0 aliphatic carbocycles. The van der Waals surface area contributed by atoms with E-state index in [-0.39, 0.29) is 0 Å². The molecule has 0 heterocycles. The van der Waals surface area contributed by atoms with Crippen LogP contribution >= 0.6 is 11.8 Å². The molecule has 0 unspecified atom stereocenters. The Morgan fingerprint density at radius 1 is 1.20 bits per heavy atom. The van der Waals surface area contributed by atoms with Gasteiger partial charge in [-0.2, -0.15) is 11.8 Å². The van der Waals surface area contributed by atoms with E-state index in [0.29, 0.717) is 18.6 Å². The zero-order valence-electron chi connectivity index (χ0n) is 9.45. The average molecular weight is 222 g/mol. The van der Waals surface area contributed by atoms with Crippen molar-refractivity contribution in [1.29, 1.82) is 0 Å². The molecule has 0 aromatic heterocycles. The van der Waals surface area contributed by atoms with Gasteiger partial charge >= 0.3 is 0 Å². The van der Waals surface area contributed by atoms with Crippen molar-refractivity contribution < 1.29 is 4.79 Å². The second-order valence-corrected chi connectivity index (χ2v) is 4.61. The molecule has 0 radical (unpaired) electrons. The first-order valence-corrected chi connectivity index (χ1v) is 6.74. The fourth-order valence-electron chi connectivity index (χ4n) is 1.42. The molecule has 0 bridgehead atoms. The lowest BCUT2D eigenvalue weighted by atomic mass is 10.0. The summed E-state index contributed by atoms with van der Waals surface area (Å²) < 4.78 is 0. The predicted octanol–water partition coefficient (Wildman–Crippen LogP) is 3.11. The first-order valence-electron chi connectivity index (χ1n) is 5.34. The number of rotatable bonds is 6. The normalized spacial score (nSPS) is 10.3. The second-order valence-electron chi connectivity index (χ2n) is 3.63. The lowest BCUT2D eigenvalue weighted by Gasteiger charge is -2.02. The SMILES string of the molecule is CCc1ccc(CC(=O)CCSC)cc1. The molecular weight excluding hydrogens is 204 g/mol. The van der Waals surface area contributed by atoms with Crippen molar-refractivity contribution in [3.05, 3.63) is 35.4 Å². The maximum Gasteiger partial charge on any atom is 0.138 e. The van der Waals surface area contributed by atoms with Gasteiger partial charge in [0, 0.05) is 12.8 Å². The van der Waals surface area contributed by atoms with Crippen LogP contribution in [0.4, 0.5) is 0 Å². The van der Waals surface area contributed by atoms with Gasteiger partial charge in [0.05, 0.1) is 0 Å². The lowest BCUT2D eigenvalue weighted by Crippen LogP contribution is -2.03. The Hall–Kier alpha value is -0.760. The molecule has 0 aliphatic rings. The van der Waals surface area contributed by atoms with E-state index >= 15 is 0 Å². The number of carbonyl (C=O) groups excluding carboxylic acids is 1. The monoisotopic (exact) mass is 222 g/mol. The highest BCUT2D eigenvalue weighted by Gasteiger charge is 2.02. The van der Waals surface area contributed by atoms with Gasteiger partial charge in [0.2, 0.25) is 0 Å². The number of thioether (sulfide) groups is 1. The molecule has 0 N–H and O–H groups in total. The molecular formula is C13H18OS. The summed E-state index contributed by atoms with van der Waals surface area (Å²) in [5, 5.41) is 0. The largest absolute Gasteiger partial charge is 0.299 e. The summed E-state index contributed by atoms with van der Waals surface area (Å²) in [6.45, 7) is 2.14. The minimum absolute atomic E-state index is 0.341. The van der Waals surface area contributed by atoms with E-state index in [4.69, 9.17) is 0 Å². The molecule has 0 saturated carbocycles. The van der Waals surface area contributed by atoms with E-state index in [1.165, 1.54) is 5.56 Å². The van der Waals surface area contributed by atoms with E-state index < -0.39 is 0 Å². The maximum absolute atomic E-state index is 11.5. The molecule has 0 spiro atoms. The number of carbonyl (C=O) groups is 1. The minimum Gasteiger partial charge on any atom is -0.299 e. The van der Waals surface area contributed by atoms with E-state index in [0.717, 1.165) is 17.7 Å². The van der Waals surface area contributed by atoms with Gasteiger partial charge in [-0.15, -0.1) is 0 Å². The Kier molecular flexibility index (Phi) is 5.48. The summed E-state index contributed by atoms with van der Waals surface area (Å²) in [6, 6.07) is 8.35. The highest BCUT2D eigenvalue weighted by atomic mass is 32.2. The van der Waals surface area contributed by atoms with Crippen molar-refractivity contribution in [3.63, 3.8) is 0 Å². The summed E-state index contributed by atoms with van der Waals surface area (Å²) in [4.78, 5) is 11.5. The summed E-state index contributed by atoms with van der Waals surface area (Å²) in [6.07, 6.45) is 4.37. The topological polar surface area (TPSA) is 17.1 Å². The highest BCUT2D eigenvalue weighted by molar-refractivity contribution is 7.98. The van der Waals surface area contributed by atoms with Gasteiger partial charge < -0.3 is 0 Å². The van der Waals surface area contributed by atoms with Crippen molar-refractivity contribution in [2.45, 2.75) is 26.2 Å². The molecule has 82 valence electrons. The first kappa shape index (κ1) is 12.3. The van der Waals surface area contributed by atoms with Crippen LogP contribution in [0, 0.1) is 0 Å². The smallest absolute Gasteiger partial charge is 0.138 e. The van der Waals surface area contributed by atoms with Crippen LogP contribution in [0.25, 0.3) is 0 Å². The van der Waals surface area contributed by atoms with Crippen molar-refractivity contribution in [2.24, 2.45) is 0 Å². The molecule has 0 saturated heterocycles. The number of hydrogen-bond acceptors (Lipinski definition) is 2. The molecule has 1 nitrogen and oxygen atoms in total. The van der Waals surface area contributed by atoms with Crippen LogP contribution in [0.5, 0.6) is 0 Å². The van der Waals surface area contributed by atoms with Crippen molar-refractivity contribution >= 4 is 17.5 Å². The zero-order chi connectivity index (χ0) is 11.1. The second kappa shape index (κ2) is 6.67. The third-order valence-electron chi connectivity index (χ3n) is 2.42. The van der Waals surface area contributed by atoms with Crippen LogP contribution in [-0.2, 0) is 17.6 Å². The van der Waals surface area contributed by atoms with Crippen molar-refractivity contribution in [1.82, 2.24) is 0 Å². The summed E-state index contributed by atoms with van der Waals surface area (Å²) in [5.74, 6) is 1.28. The van der Waals surface area contributed by atoms with E-state index in [1.54, 1.807) is 11.8 Å². The maximum atomic E-state index is 11.5. The lowest BCUT2D eigenvalue weighted by molar-refractivity contribution is -0.118. The average Bonchev–Trinajstić information content (AvgIpc) is 2.27. The van der Waals surface area contributed by atoms with E-state index in [1.807, 2.05) is 6.26 Å². The number of ketones is 1. The van der Waals surface area contributed by atoms with Gasteiger partial charge in [0.25, 0.3) is 0 Å². The number of Topliss-reactive ketones (excluding diaryl/α,β-unsaturated/α-hetero) is 1. The first-order chi connectivity index (χ1) is 7.26. The van der Waals surface area contributed by atoms with Gasteiger partial charge in [0.1, 0.15) is 5.78 Å². The molecule has 0 amide bonds. The minimum atomic E-state index is 0.341. The molecule has 15 heavy (non-hydrogen) atoms. The van der Waals surface area contributed by atoms with Gasteiger partial charge in [-0.25, -0.2) is 0 Å². The van der Waals surface area contributed by atoms with Gasteiger partial charge in [-0.05, 0) is 29.6 Å². The van der Waals surface area contributed by atoms with Crippen LogP contribution in [-0.4, -0.2) is 17.8 Å². The van der Waals surface area contributed by atoms with Gasteiger partial charge in [-0.1, -0.05) is 31.2 Å². The molecule has 1 aromatic carbocycles. The van der Waals surface area contributed by atoms with Crippen LogP contribution in [0.15, 0.2) is 24.3 Å². The summed E-state index contributed by atoms with van der Waals surface area (Å²) in [5.41, 5.74) is 2.47. The standard InChI is InChI=1S/C13H18OS/c1-3-11-4-6-12(7-5-11)10-13(14)8-9-15-2/h4-7H,3,8-10H2,1-2H3. The van der Waals surface area contributed by atoms with Crippen molar-refractivity contribution in [2.75, 3.05) is 12.0 Å². The number of hydrogen-bond donors (Lipinski definition) is 0. The van der Waals surface area contributed by atoms with Gasteiger partial charge in [0.15, 0.2) is 0 Å². The zero-order valence-corrected chi connectivity index (χ0v) is 10.3.